The molecule has 0 radical (unpaired) electrons. The standard InChI is InChI=1S/C12H14N2S/c1-9-12(14-8-15-9)11-4-2-10(3-5-11)6-7-13/h2-5,8H,6-7,13H2,1H3. The van der Waals surface area contributed by atoms with E-state index < -0.39 is 0 Å². The van der Waals surface area contributed by atoms with Crippen molar-refractivity contribution in [2.24, 2.45) is 5.73 Å². The lowest BCUT2D eigenvalue weighted by molar-refractivity contribution is 0.969. The van der Waals surface area contributed by atoms with Crippen LogP contribution in [0.4, 0.5) is 0 Å². The zero-order valence-corrected chi connectivity index (χ0v) is 9.55. The highest BCUT2D eigenvalue weighted by Crippen LogP contribution is 2.24. The van der Waals surface area contributed by atoms with Crippen LogP contribution in [0.25, 0.3) is 11.3 Å². The summed E-state index contributed by atoms with van der Waals surface area (Å²) in [6.45, 7) is 2.80. The fourth-order valence-electron chi connectivity index (χ4n) is 1.58. The summed E-state index contributed by atoms with van der Waals surface area (Å²) in [7, 11) is 0. The van der Waals surface area contributed by atoms with Gasteiger partial charge in [-0.05, 0) is 25.5 Å². The Bertz CT molecular complexity index is 431. The number of aryl methyl sites for hydroxylation is 1. The van der Waals surface area contributed by atoms with Crippen LogP contribution in [0, 0.1) is 6.92 Å². The Balaban J connectivity index is 2.28. The maximum Gasteiger partial charge on any atom is 0.0840 e. The van der Waals surface area contributed by atoms with Gasteiger partial charge in [-0.15, -0.1) is 11.3 Å². The van der Waals surface area contributed by atoms with E-state index in [0.717, 1.165) is 12.1 Å². The van der Waals surface area contributed by atoms with Crippen molar-refractivity contribution >= 4 is 11.3 Å². The molecule has 15 heavy (non-hydrogen) atoms. The van der Waals surface area contributed by atoms with E-state index in [4.69, 9.17) is 5.73 Å². The summed E-state index contributed by atoms with van der Waals surface area (Å²) >= 11 is 1.68. The van der Waals surface area contributed by atoms with Crippen LogP contribution in [0.15, 0.2) is 29.8 Å². The number of benzene rings is 1. The average Bonchev–Trinajstić information content (AvgIpc) is 2.66. The van der Waals surface area contributed by atoms with E-state index >= 15 is 0 Å². The van der Waals surface area contributed by atoms with Crippen molar-refractivity contribution in [2.75, 3.05) is 6.54 Å². The third-order valence-electron chi connectivity index (χ3n) is 2.41. The van der Waals surface area contributed by atoms with Crippen LogP contribution in [0.3, 0.4) is 0 Å². The molecule has 0 saturated heterocycles. The molecule has 1 heterocycles. The number of hydrogen-bond acceptors (Lipinski definition) is 3. The summed E-state index contributed by atoms with van der Waals surface area (Å²) in [5.41, 5.74) is 11.0. The molecule has 3 heteroatoms. The van der Waals surface area contributed by atoms with Crippen LogP contribution in [0.2, 0.25) is 0 Å². The smallest absolute Gasteiger partial charge is 0.0840 e. The normalized spacial score (nSPS) is 10.5. The minimum absolute atomic E-state index is 0.703. The molecule has 0 saturated carbocycles. The van der Waals surface area contributed by atoms with E-state index in [1.807, 2.05) is 5.51 Å². The fourth-order valence-corrected chi connectivity index (χ4v) is 2.18. The highest BCUT2D eigenvalue weighted by Gasteiger charge is 2.03. The molecule has 0 aliphatic rings. The molecule has 2 rings (SSSR count). The first-order valence-corrected chi connectivity index (χ1v) is 5.88. The van der Waals surface area contributed by atoms with Crippen molar-refractivity contribution in [2.45, 2.75) is 13.3 Å². The van der Waals surface area contributed by atoms with Crippen LogP contribution in [0.1, 0.15) is 10.4 Å². The number of nitrogens with zero attached hydrogens (tertiary/aromatic N) is 1. The molecule has 78 valence electrons. The summed E-state index contributed by atoms with van der Waals surface area (Å²) < 4.78 is 0. The Morgan fingerprint density at radius 2 is 2.00 bits per heavy atom. The molecular formula is C12H14N2S. The number of hydrogen-bond donors (Lipinski definition) is 1. The molecule has 2 nitrogen and oxygen atoms in total. The van der Waals surface area contributed by atoms with Crippen LogP contribution < -0.4 is 5.73 Å². The van der Waals surface area contributed by atoms with E-state index in [1.165, 1.54) is 16.0 Å². The molecule has 0 unspecified atom stereocenters. The van der Waals surface area contributed by atoms with Gasteiger partial charge in [-0.1, -0.05) is 24.3 Å². The lowest BCUT2D eigenvalue weighted by Gasteiger charge is -2.01. The topological polar surface area (TPSA) is 38.9 Å². The second-order valence-corrected chi connectivity index (χ2v) is 4.55. The van der Waals surface area contributed by atoms with Gasteiger partial charge in [-0.2, -0.15) is 0 Å². The lowest BCUT2D eigenvalue weighted by Crippen LogP contribution is -2.02. The largest absolute Gasteiger partial charge is 0.330 e. The van der Waals surface area contributed by atoms with Gasteiger partial charge in [0.1, 0.15) is 0 Å². The first-order chi connectivity index (χ1) is 7.31. The van der Waals surface area contributed by atoms with Crippen LogP contribution in [-0.2, 0) is 6.42 Å². The highest BCUT2D eigenvalue weighted by atomic mass is 32.1. The van der Waals surface area contributed by atoms with Crippen LogP contribution in [-0.4, -0.2) is 11.5 Å². The second-order valence-electron chi connectivity index (χ2n) is 3.49. The van der Waals surface area contributed by atoms with Gasteiger partial charge in [-0.3, -0.25) is 0 Å². The molecule has 0 bridgehead atoms. The molecule has 0 amide bonds. The Kier molecular flexibility index (Phi) is 3.14. The van der Waals surface area contributed by atoms with Gasteiger partial charge in [0.2, 0.25) is 0 Å². The van der Waals surface area contributed by atoms with Gasteiger partial charge in [0, 0.05) is 10.4 Å². The molecule has 0 spiro atoms. The first kappa shape index (κ1) is 10.3. The molecule has 0 atom stereocenters. The van der Waals surface area contributed by atoms with Gasteiger partial charge in [-0.25, -0.2) is 4.98 Å². The number of thiazole rings is 1. The van der Waals surface area contributed by atoms with E-state index in [2.05, 4.69) is 36.2 Å². The van der Waals surface area contributed by atoms with Gasteiger partial charge in [0.05, 0.1) is 11.2 Å². The minimum atomic E-state index is 0.703. The maximum atomic E-state index is 5.51. The van der Waals surface area contributed by atoms with Crippen LogP contribution in [0.5, 0.6) is 0 Å². The quantitative estimate of drug-likeness (QED) is 0.860. The molecule has 2 N–H and O–H groups in total. The maximum absolute atomic E-state index is 5.51. The molecule has 0 aliphatic heterocycles. The zero-order valence-electron chi connectivity index (χ0n) is 8.73. The Morgan fingerprint density at radius 3 is 2.53 bits per heavy atom. The van der Waals surface area contributed by atoms with Crippen LogP contribution >= 0.6 is 11.3 Å². The van der Waals surface area contributed by atoms with Gasteiger partial charge in [0.15, 0.2) is 0 Å². The van der Waals surface area contributed by atoms with Crippen molar-refractivity contribution < 1.29 is 0 Å². The van der Waals surface area contributed by atoms with E-state index in [0.29, 0.717) is 6.54 Å². The SMILES string of the molecule is Cc1scnc1-c1ccc(CCN)cc1. The third kappa shape index (κ3) is 2.25. The summed E-state index contributed by atoms with van der Waals surface area (Å²) in [6, 6.07) is 8.49. The van der Waals surface area contributed by atoms with E-state index in [9.17, 15) is 0 Å². The van der Waals surface area contributed by atoms with Gasteiger partial charge < -0.3 is 5.73 Å². The lowest BCUT2D eigenvalue weighted by atomic mass is 10.1. The minimum Gasteiger partial charge on any atom is -0.330 e. The van der Waals surface area contributed by atoms with Crippen molar-refractivity contribution in [3.05, 3.63) is 40.2 Å². The van der Waals surface area contributed by atoms with Gasteiger partial charge in [0.25, 0.3) is 0 Å². The fraction of sp³-hybridized carbons (Fsp3) is 0.250. The van der Waals surface area contributed by atoms with Crippen molar-refractivity contribution in [3.63, 3.8) is 0 Å². The Hall–Kier alpha value is -1.19. The summed E-state index contributed by atoms with van der Waals surface area (Å²) in [5.74, 6) is 0. The first-order valence-electron chi connectivity index (χ1n) is 5.00. The summed E-state index contributed by atoms with van der Waals surface area (Å²) in [5, 5.41) is 0. The molecule has 2 aromatic rings. The summed E-state index contributed by atoms with van der Waals surface area (Å²) in [4.78, 5) is 5.62. The monoisotopic (exact) mass is 218 g/mol. The summed E-state index contributed by atoms with van der Waals surface area (Å²) in [6.07, 6.45) is 0.941. The predicted octanol–water partition coefficient (Wildman–Crippen LogP) is 2.62. The zero-order chi connectivity index (χ0) is 10.7. The molecule has 1 aromatic carbocycles. The molecule has 1 aromatic heterocycles. The Morgan fingerprint density at radius 1 is 1.27 bits per heavy atom. The predicted molar refractivity (Wildman–Crippen MR) is 65.0 cm³/mol. The Labute approximate surface area is 93.8 Å². The molecular weight excluding hydrogens is 204 g/mol. The number of rotatable bonds is 3. The third-order valence-corrected chi connectivity index (χ3v) is 3.16. The van der Waals surface area contributed by atoms with Gasteiger partial charge >= 0.3 is 0 Å². The van der Waals surface area contributed by atoms with Crippen molar-refractivity contribution in [1.82, 2.24) is 4.98 Å². The number of nitrogens with two attached hydrogens (primary N) is 1. The van der Waals surface area contributed by atoms with E-state index in [1.54, 1.807) is 11.3 Å². The number of aromatic nitrogens is 1. The van der Waals surface area contributed by atoms with Crippen molar-refractivity contribution in [3.8, 4) is 11.3 Å². The molecule has 0 aliphatic carbocycles. The van der Waals surface area contributed by atoms with E-state index in [-0.39, 0.29) is 0 Å². The average molecular weight is 218 g/mol. The van der Waals surface area contributed by atoms with Crippen molar-refractivity contribution in [1.29, 1.82) is 0 Å². The molecule has 0 fully saturated rings. The second kappa shape index (κ2) is 4.55. The highest BCUT2D eigenvalue weighted by molar-refractivity contribution is 7.10.